The minimum absolute atomic E-state index is 0.578. The summed E-state index contributed by atoms with van der Waals surface area (Å²) in [6, 6.07) is 64.9. The third-order valence-electron chi connectivity index (χ3n) is 11.7. The molecule has 0 radical (unpaired) electrons. The lowest BCUT2D eigenvalue weighted by Crippen LogP contribution is -1.98. The van der Waals surface area contributed by atoms with Crippen molar-refractivity contribution >= 4 is 21.9 Å². The van der Waals surface area contributed by atoms with E-state index < -0.39 is 0 Å². The molecule has 0 fully saturated rings. The van der Waals surface area contributed by atoms with Crippen molar-refractivity contribution < 1.29 is 9.15 Å². The molecule has 0 bridgehead atoms. The number of pyridine rings is 2. The SMILES string of the molecule is c1ccc(-c2cc(-c3ccc4c(c3)-c3cc5oc6ccccc6c5cc3Oc3ccccc3-c3ccccc3-c3ccccc3-4)nc(-c3ccc(-c4cccnc4)nc3)n2)cc1. The summed E-state index contributed by atoms with van der Waals surface area (Å²) >= 11 is 0. The molecule has 62 heavy (non-hydrogen) atoms. The number of ether oxygens (including phenoxy) is 1. The van der Waals surface area contributed by atoms with Crippen LogP contribution in [0.5, 0.6) is 11.5 Å². The lowest BCUT2D eigenvalue weighted by molar-refractivity contribution is 0.487. The van der Waals surface area contributed by atoms with Crippen LogP contribution in [0.25, 0.3) is 112 Å². The second kappa shape index (κ2) is 14.7. The van der Waals surface area contributed by atoms with E-state index in [0.29, 0.717) is 5.82 Å². The number of hydrogen-bond donors (Lipinski definition) is 0. The average molecular weight is 795 g/mol. The fourth-order valence-corrected chi connectivity index (χ4v) is 8.70. The topological polar surface area (TPSA) is 73.9 Å². The van der Waals surface area contributed by atoms with Gasteiger partial charge in [0.15, 0.2) is 5.82 Å². The van der Waals surface area contributed by atoms with Gasteiger partial charge in [-0.05, 0) is 94.0 Å². The average Bonchev–Trinajstić information content (AvgIpc) is 3.71. The van der Waals surface area contributed by atoms with Crippen molar-refractivity contribution in [2.24, 2.45) is 0 Å². The van der Waals surface area contributed by atoms with E-state index in [1.165, 1.54) is 0 Å². The van der Waals surface area contributed by atoms with Gasteiger partial charge >= 0.3 is 0 Å². The molecule has 0 saturated heterocycles. The Morgan fingerprint density at radius 1 is 0.339 bits per heavy atom. The highest BCUT2D eigenvalue weighted by atomic mass is 16.5. The summed E-state index contributed by atoms with van der Waals surface area (Å²) in [7, 11) is 0. The van der Waals surface area contributed by atoms with E-state index in [4.69, 9.17) is 24.1 Å². The Kier molecular flexibility index (Phi) is 8.38. The molecule has 7 aromatic carbocycles. The van der Waals surface area contributed by atoms with E-state index in [1.54, 1.807) is 6.20 Å². The number of rotatable bonds is 4. The molecular weight excluding hydrogens is 761 g/mol. The van der Waals surface area contributed by atoms with Crippen molar-refractivity contribution in [3.8, 4) is 101 Å². The van der Waals surface area contributed by atoms with E-state index >= 15 is 0 Å². The third kappa shape index (κ3) is 6.13. The standard InChI is InChI=1S/C56H34N4O2/c1-2-13-35(14-3-1)50-32-51(60-56(59-50)38-25-27-49(58-34-38)37-15-12-28-57-33-37)36-24-26-43-41-18-5-4-16-39(41)40-17-6-7-19-42(40)44-20-8-10-22-52(44)61-55-30-47-45-21-9-11-23-53(45)62-54(47)31-48(55)46(43)29-36/h1-34H. The summed E-state index contributed by atoms with van der Waals surface area (Å²) in [4.78, 5) is 19.5. The van der Waals surface area contributed by atoms with Crippen molar-refractivity contribution in [2.75, 3.05) is 0 Å². The van der Waals surface area contributed by atoms with Crippen LogP contribution in [0.2, 0.25) is 0 Å². The fourth-order valence-electron chi connectivity index (χ4n) is 8.70. The van der Waals surface area contributed by atoms with Crippen LogP contribution in [0.15, 0.2) is 211 Å². The smallest absolute Gasteiger partial charge is 0.161 e. The molecule has 12 rings (SSSR count). The molecule has 0 amide bonds. The zero-order valence-corrected chi connectivity index (χ0v) is 33.2. The van der Waals surface area contributed by atoms with Crippen LogP contribution in [0.1, 0.15) is 0 Å². The zero-order chi connectivity index (χ0) is 41.0. The number of benzene rings is 7. The van der Waals surface area contributed by atoms with Gasteiger partial charge in [-0.3, -0.25) is 9.97 Å². The van der Waals surface area contributed by atoms with E-state index in [-0.39, 0.29) is 0 Å². The van der Waals surface area contributed by atoms with Crippen LogP contribution < -0.4 is 4.74 Å². The largest absolute Gasteiger partial charge is 0.456 e. The van der Waals surface area contributed by atoms with Gasteiger partial charge in [0, 0.05) is 62.7 Å². The molecule has 5 heterocycles. The molecule has 6 nitrogen and oxygen atoms in total. The van der Waals surface area contributed by atoms with Gasteiger partial charge < -0.3 is 9.15 Å². The first kappa shape index (κ1) is 35.5. The fraction of sp³-hybridized carbons (Fsp3) is 0. The predicted molar refractivity (Wildman–Crippen MR) is 248 cm³/mol. The summed E-state index contributed by atoms with van der Waals surface area (Å²) in [5, 5.41) is 2.02. The summed E-state index contributed by atoms with van der Waals surface area (Å²) < 4.78 is 13.7. The molecule has 6 heteroatoms. The first-order chi connectivity index (χ1) is 30.7. The summed E-state index contributed by atoms with van der Waals surface area (Å²) in [5.41, 5.74) is 16.1. The minimum atomic E-state index is 0.578. The molecule has 0 saturated carbocycles. The maximum absolute atomic E-state index is 7.18. The Labute approximate surface area is 357 Å². The molecule has 0 unspecified atom stereocenters. The monoisotopic (exact) mass is 794 g/mol. The summed E-state index contributed by atoms with van der Waals surface area (Å²) in [6.45, 7) is 0. The molecule has 290 valence electrons. The molecule has 1 aliphatic heterocycles. The Hall–Kier alpha value is -8.48. The molecule has 0 aliphatic carbocycles. The Balaban J connectivity index is 1.12. The highest BCUT2D eigenvalue weighted by molar-refractivity contribution is 6.08. The van der Waals surface area contributed by atoms with Gasteiger partial charge in [0.2, 0.25) is 0 Å². The van der Waals surface area contributed by atoms with Gasteiger partial charge in [0.1, 0.15) is 22.7 Å². The van der Waals surface area contributed by atoms with Gasteiger partial charge in [-0.25, -0.2) is 9.97 Å². The van der Waals surface area contributed by atoms with Crippen LogP contribution in [-0.2, 0) is 0 Å². The first-order valence-corrected chi connectivity index (χ1v) is 20.6. The van der Waals surface area contributed by atoms with Gasteiger partial charge in [0.25, 0.3) is 0 Å². The Bertz CT molecular complexity index is 3490. The number of hydrogen-bond acceptors (Lipinski definition) is 6. The van der Waals surface area contributed by atoms with Crippen molar-refractivity contribution in [1.82, 2.24) is 19.9 Å². The number of para-hydroxylation sites is 2. The molecule has 1 aliphatic rings. The summed E-state index contributed by atoms with van der Waals surface area (Å²) in [6.07, 6.45) is 5.42. The molecule has 4 aromatic heterocycles. The van der Waals surface area contributed by atoms with E-state index in [0.717, 1.165) is 117 Å². The maximum Gasteiger partial charge on any atom is 0.161 e. The van der Waals surface area contributed by atoms with Gasteiger partial charge in [-0.2, -0.15) is 0 Å². The Morgan fingerprint density at radius 3 is 1.73 bits per heavy atom. The highest BCUT2D eigenvalue weighted by Gasteiger charge is 2.24. The predicted octanol–water partition coefficient (Wildman–Crippen LogP) is 14.6. The second-order valence-electron chi connectivity index (χ2n) is 15.4. The molecule has 11 aromatic rings. The quantitative estimate of drug-likeness (QED) is 0.177. The summed E-state index contributed by atoms with van der Waals surface area (Å²) in [5.74, 6) is 2.07. The van der Waals surface area contributed by atoms with Crippen molar-refractivity contribution in [3.63, 3.8) is 0 Å². The van der Waals surface area contributed by atoms with Crippen LogP contribution >= 0.6 is 0 Å². The molecule has 0 N–H and O–H groups in total. The number of aromatic nitrogens is 4. The highest BCUT2D eigenvalue weighted by Crippen LogP contribution is 2.50. The third-order valence-corrected chi connectivity index (χ3v) is 11.7. The number of nitrogens with zero attached hydrogens (tertiary/aromatic N) is 4. The molecule has 0 spiro atoms. The number of furan rings is 1. The van der Waals surface area contributed by atoms with Crippen LogP contribution in [-0.4, -0.2) is 19.9 Å². The van der Waals surface area contributed by atoms with Crippen molar-refractivity contribution in [2.45, 2.75) is 0 Å². The number of fused-ring (bicyclic) bond motifs is 12. The van der Waals surface area contributed by atoms with Gasteiger partial charge in [0.05, 0.1) is 17.1 Å². The Morgan fingerprint density at radius 2 is 0.984 bits per heavy atom. The minimum Gasteiger partial charge on any atom is -0.456 e. The van der Waals surface area contributed by atoms with E-state index in [2.05, 4.69) is 126 Å². The zero-order valence-electron chi connectivity index (χ0n) is 33.2. The van der Waals surface area contributed by atoms with Crippen LogP contribution in [0.3, 0.4) is 0 Å². The van der Waals surface area contributed by atoms with Gasteiger partial charge in [-0.15, -0.1) is 0 Å². The van der Waals surface area contributed by atoms with E-state index in [1.807, 2.05) is 79.1 Å². The first-order valence-electron chi connectivity index (χ1n) is 20.6. The molecular formula is C56H34N4O2. The lowest BCUT2D eigenvalue weighted by Gasteiger charge is -2.18. The van der Waals surface area contributed by atoms with Crippen molar-refractivity contribution in [1.29, 1.82) is 0 Å². The maximum atomic E-state index is 7.18. The van der Waals surface area contributed by atoms with Crippen molar-refractivity contribution in [3.05, 3.63) is 207 Å². The van der Waals surface area contributed by atoms with E-state index in [9.17, 15) is 0 Å². The lowest BCUT2D eigenvalue weighted by atomic mass is 9.85. The second-order valence-corrected chi connectivity index (χ2v) is 15.4. The molecule has 0 atom stereocenters. The normalized spacial score (nSPS) is 11.7. The van der Waals surface area contributed by atoms with Crippen LogP contribution in [0.4, 0.5) is 0 Å². The van der Waals surface area contributed by atoms with Gasteiger partial charge in [-0.1, -0.05) is 127 Å². The van der Waals surface area contributed by atoms with Crippen LogP contribution in [0, 0.1) is 0 Å².